The SMILES string of the molecule is COc1ccc(C(=O)CSc2nnc(N/N=C(\C)c3ccncc3)n2N)cc1OC. The van der Waals surface area contributed by atoms with E-state index in [1.807, 2.05) is 19.1 Å². The molecule has 0 aliphatic rings. The lowest BCUT2D eigenvalue weighted by molar-refractivity contribution is 0.102. The molecule has 11 heteroatoms. The van der Waals surface area contributed by atoms with Crippen molar-refractivity contribution in [3.05, 3.63) is 53.9 Å². The average Bonchev–Trinajstić information content (AvgIpc) is 3.15. The van der Waals surface area contributed by atoms with Crippen LogP contribution in [0.4, 0.5) is 5.95 Å². The Hall–Kier alpha value is -3.60. The van der Waals surface area contributed by atoms with Crippen LogP contribution in [0.2, 0.25) is 0 Å². The molecule has 0 aliphatic heterocycles. The summed E-state index contributed by atoms with van der Waals surface area (Å²) in [4.78, 5) is 16.5. The van der Waals surface area contributed by atoms with Crippen molar-refractivity contribution in [2.75, 3.05) is 31.2 Å². The molecular weight excluding hydrogens is 406 g/mol. The Labute approximate surface area is 177 Å². The number of ketones is 1. The fourth-order valence-corrected chi connectivity index (χ4v) is 3.22. The van der Waals surface area contributed by atoms with Crippen molar-refractivity contribution in [3.8, 4) is 11.5 Å². The Bertz CT molecular complexity index is 1050. The maximum Gasteiger partial charge on any atom is 0.264 e. The van der Waals surface area contributed by atoms with Crippen LogP contribution in [0.25, 0.3) is 0 Å². The van der Waals surface area contributed by atoms with Gasteiger partial charge in [0.2, 0.25) is 5.16 Å². The summed E-state index contributed by atoms with van der Waals surface area (Å²) in [6, 6.07) is 8.69. The van der Waals surface area contributed by atoms with Crippen molar-refractivity contribution in [1.82, 2.24) is 19.9 Å². The van der Waals surface area contributed by atoms with Gasteiger partial charge in [-0.2, -0.15) is 5.10 Å². The van der Waals surface area contributed by atoms with E-state index in [9.17, 15) is 4.79 Å². The molecule has 2 aromatic heterocycles. The fraction of sp³-hybridized carbons (Fsp3) is 0.211. The summed E-state index contributed by atoms with van der Waals surface area (Å²) >= 11 is 1.17. The number of anilines is 1. The molecule has 0 saturated heterocycles. The second-order valence-corrected chi connectivity index (χ2v) is 6.95. The Balaban J connectivity index is 1.63. The number of pyridine rings is 1. The van der Waals surface area contributed by atoms with Crippen LogP contribution in [-0.2, 0) is 0 Å². The summed E-state index contributed by atoms with van der Waals surface area (Å²) in [6.07, 6.45) is 3.37. The van der Waals surface area contributed by atoms with Crippen LogP contribution in [0, 0.1) is 0 Å². The first-order valence-corrected chi connectivity index (χ1v) is 9.81. The molecule has 0 fully saturated rings. The van der Waals surface area contributed by atoms with Crippen molar-refractivity contribution in [2.45, 2.75) is 12.1 Å². The van der Waals surface area contributed by atoms with Gasteiger partial charge in [0, 0.05) is 23.5 Å². The minimum Gasteiger partial charge on any atom is -0.493 e. The molecule has 3 aromatic rings. The first kappa shape index (κ1) is 21.1. The van der Waals surface area contributed by atoms with E-state index in [-0.39, 0.29) is 17.5 Å². The number of nitrogen functional groups attached to an aromatic ring is 1. The van der Waals surface area contributed by atoms with Gasteiger partial charge in [0.25, 0.3) is 5.95 Å². The number of nitrogens with two attached hydrogens (primary N) is 1. The van der Waals surface area contributed by atoms with E-state index in [2.05, 4.69) is 25.7 Å². The van der Waals surface area contributed by atoms with Crippen molar-refractivity contribution < 1.29 is 14.3 Å². The predicted octanol–water partition coefficient (Wildman–Crippen LogP) is 2.22. The highest BCUT2D eigenvalue weighted by Crippen LogP contribution is 2.28. The van der Waals surface area contributed by atoms with Gasteiger partial charge in [-0.1, -0.05) is 11.8 Å². The molecule has 30 heavy (non-hydrogen) atoms. The lowest BCUT2D eigenvalue weighted by Crippen LogP contribution is -2.14. The second kappa shape index (κ2) is 9.74. The number of hydrogen-bond acceptors (Lipinski definition) is 10. The monoisotopic (exact) mass is 427 g/mol. The molecule has 0 radical (unpaired) electrons. The first-order valence-electron chi connectivity index (χ1n) is 8.82. The summed E-state index contributed by atoms with van der Waals surface area (Å²) in [7, 11) is 3.06. The van der Waals surface area contributed by atoms with Crippen LogP contribution in [-0.4, -0.2) is 51.3 Å². The second-order valence-electron chi connectivity index (χ2n) is 6.00. The summed E-state index contributed by atoms with van der Waals surface area (Å²) in [5.41, 5.74) is 4.93. The van der Waals surface area contributed by atoms with Crippen molar-refractivity contribution in [1.29, 1.82) is 0 Å². The molecule has 1 aromatic carbocycles. The van der Waals surface area contributed by atoms with E-state index in [4.69, 9.17) is 15.3 Å². The normalized spacial score (nSPS) is 11.2. The largest absolute Gasteiger partial charge is 0.493 e. The van der Waals surface area contributed by atoms with Crippen LogP contribution in [0.1, 0.15) is 22.8 Å². The summed E-state index contributed by atoms with van der Waals surface area (Å²) in [6.45, 7) is 1.84. The number of ether oxygens (including phenoxy) is 2. The van der Waals surface area contributed by atoms with E-state index >= 15 is 0 Å². The molecule has 2 heterocycles. The minimum absolute atomic E-state index is 0.106. The molecule has 3 rings (SSSR count). The number of rotatable bonds is 9. The highest BCUT2D eigenvalue weighted by atomic mass is 32.2. The van der Waals surface area contributed by atoms with Crippen LogP contribution >= 0.6 is 11.8 Å². The molecule has 3 N–H and O–H groups in total. The summed E-state index contributed by atoms with van der Waals surface area (Å²) in [5.74, 6) is 7.34. The number of thioether (sulfide) groups is 1. The van der Waals surface area contributed by atoms with E-state index in [1.165, 1.54) is 30.7 Å². The number of hydrogen-bond donors (Lipinski definition) is 2. The Morgan fingerprint density at radius 3 is 2.57 bits per heavy atom. The number of aromatic nitrogens is 4. The first-order chi connectivity index (χ1) is 14.5. The van der Waals surface area contributed by atoms with Gasteiger partial charge in [0.15, 0.2) is 17.3 Å². The van der Waals surface area contributed by atoms with E-state index in [0.29, 0.717) is 22.2 Å². The fourth-order valence-electron chi connectivity index (χ4n) is 2.47. The maximum atomic E-state index is 12.5. The molecule has 0 bridgehead atoms. The van der Waals surface area contributed by atoms with Crippen LogP contribution in [0.5, 0.6) is 11.5 Å². The standard InChI is InChI=1S/C19H21N7O3S/c1-12(13-6-8-21-9-7-13)22-23-18-24-25-19(26(18)20)30-11-15(27)14-4-5-16(28-2)17(10-14)29-3/h4-10H,11,20H2,1-3H3,(H,23,24)/b22-12+. The number of nitrogens with zero attached hydrogens (tertiary/aromatic N) is 5. The lowest BCUT2D eigenvalue weighted by Gasteiger charge is -2.09. The third-order valence-corrected chi connectivity index (χ3v) is 5.07. The molecule has 0 spiro atoms. The highest BCUT2D eigenvalue weighted by molar-refractivity contribution is 7.99. The number of carbonyl (C=O) groups excluding carboxylic acids is 1. The van der Waals surface area contributed by atoms with Gasteiger partial charge in [0.05, 0.1) is 25.7 Å². The van der Waals surface area contributed by atoms with Crippen LogP contribution in [0.15, 0.2) is 53.0 Å². The quantitative estimate of drug-likeness (QED) is 0.173. The van der Waals surface area contributed by atoms with Crippen molar-refractivity contribution >= 4 is 29.2 Å². The number of Topliss-reactive ketones (excluding diaryl/α,β-unsaturated/α-hetero) is 1. The predicted molar refractivity (Wildman–Crippen MR) is 115 cm³/mol. The number of methoxy groups -OCH3 is 2. The zero-order valence-electron chi connectivity index (χ0n) is 16.7. The molecule has 156 valence electrons. The van der Waals surface area contributed by atoms with E-state index in [0.717, 1.165) is 11.3 Å². The van der Waals surface area contributed by atoms with E-state index in [1.54, 1.807) is 30.6 Å². The van der Waals surface area contributed by atoms with Gasteiger partial charge in [0.1, 0.15) is 0 Å². The van der Waals surface area contributed by atoms with Gasteiger partial charge in [-0.25, -0.2) is 10.1 Å². The topological polar surface area (TPSA) is 130 Å². The minimum atomic E-state index is -0.106. The van der Waals surface area contributed by atoms with Crippen molar-refractivity contribution in [3.63, 3.8) is 0 Å². The third-order valence-electron chi connectivity index (χ3n) is 4.12. The lowest BCUT2D eigenvalue weighted by atomic mass is 10.1. The maximum absolute atomic E-state index is 12.5. The molecule has 0 atom stereocenters. The van der Waals surface area contributed by atoms with Gasteiger partial charge < -0.3 is 15.3 Å². The molecule has 0 saturated carbocycles. The Morgan fingerprint density at radius 2 is 1.87 bits per heavy atom. The number of nitrogens with one attached hydrogen (secondary N) is 1. The van der Waals surface area contributed by atoms with Crippen LogP contribution in [0.3, 0.4) is 0 Å². The smallest absolute Gasteiger partial charge is 0.264 e. The Morgan fingerprint density at radius 1 is 1.13 bits per heavy atom. The number of carbonyl (C=O) groups is 1. The number of hydrazone groups is 1. The van der Waals surface area contributed by atoms with Gasteiger partial charge >= 0.3 is 0 Å². The van der Waals surface area contributed by atoms with Gasteiger partial charge in [-0.15, -0.1) is 10.2 Å². The highest BCUT2D eigenvalue weighted by Gasteiger charge is 2.15. The van der Waals surface area contributed by atoms with Crippen molar-refractivity contribution in [2.24, 2.45) is 5.10 Å². The van der Waals surface area contributed by atoms with Gasteiger partial charge in [-0.3, -0.25) is 9.78 Å². The molecule has 0 unspecified atom stereocenters. The number of benzene rings is 1. The summed E-state index contributed by atoms with van der Waals surface area (Å²) in [5, 5.41) is 12.6. The Kier molecular flexibility index (Phi) is 6.86. The zero-order chi connectivity index (χ0) is 21.5. The van der Waals surface area contributed by atoms with Gasteiger partial charge in [-0.05, 0) is 37.3 Å². The zero-order valence-corrected chi connectivity index (χ0v) is 17.5. The molecule has 10 nitrogen and oxygen atoms in total. The third kappa shape index (κ3) is 4.87. The molecule has 0 aliphatic carbocycles. The molecule has 0 amide bonds. The molecular formula is C19H21N7O3S. The summed E-state index contributed by atoms with van der Waals surface area (Å²) < 4.78 is 11.7. The average molecular weight is 427 g/mol. The van der Waals surface area contributed by atoms with Crippen LogP contribution < -0.4 is 20.7 Å². The van der Waals surface area contributed by atoms with E-state index < -0.39 is 0 Å².